The number of carbonyl (C=O) groups is 1. The Morgan fingerprint density at radius 1 is 1.15 bits per heavy atom. The lowest BCUT2D eigenvalue weighted by Gasteiger charge is -2.05. The minimum absolute atomic E-state index is 0.0582. The Kier molecular flexibility index (Phi) is 7.34. The van der Waals surface area contributed by atoms with Gasteiger partial charge in [0.2, 0.25) is 5.91 Å². The first kappa shape index (κ1) is 19.2. The molecule has 136 valence electrons. The molecule has 0 saturated carbocycles. The maximum atomic E-state index is 12.8. The number of thiazole rings is 1. The smallest absolute Gasteiger partial charge is 0.230 e. The Morgan fingerprint density at radius 3 is 2.77 bits per heavy atom. The summed E-state index contributed by atoms with van der Waals surface area (Å²) in [5, 5.41) is 4.00. The number of hydrogen-bond acceptors (Lipinski definition) is 5. The molecule has 0 unspecified atom stereocenters. The van der Waals surface area contributed by atoms with Crippen molar-refractivity contribution < 1.29 is 9.18 Å². The van der Waals surface area contributed by atoms with Crippen molar-refractivity contribution in [2.75, 3.05) is 18.1 Å². The number of amides is 1. The lowest BCUT2D eigenvalue weighted by molar-refractivity contribution is -0.118. The van der Waals surface area contributed by atoms with Crippen molar-refractivity contribution in [3.63, 3.8) is 0 Å². The zero-order chi connectivity index (χ0) is 18.2. The molecule has 0 atom stereocenters. The fourth-order valence-corrected chi connectivity index (χ4v) is 5.01. The molecule has 0 saturated heterocycles. The highest BCUT2D eigenvalue weighted by molar-refractivity contribution is 7.99. The average molecular weight is 407 g/mol. The highest BCUT2D eigenvalue weighted by Gasteiger charge is 2.06. The van der Waals surface area contributed by atoms with Gasteiger partial charge in [-0.3, -0.25) is 4.79 Å². The van der Waals surface area contributed by atoms with Crippen molar-refractivity contribution in [2.24, 2.45) is 0 Å². The van der Waals surface area contributed by atoms with Gasteiger partial charge < -0.3 is 5.32 Å². The molecule has 1 heterocycles. The third kappa shape index (κ3) is 6.00. The Bertz CT molecular complexity index is 818. The third-order valence-corrected chi connectivity index (χ3v) is 6.78. The summed E-state index contributed by atoms with van der Waals surface area (Å²) < 4.78 is 14.0. The highest BCUT2D eigenvalue weighted by Crippen LogP contribution is 2.24. The van der Waals surface area contributed by atoms with E-state index in [0.717, 1.165) is 33.3 Å². The van der Waals surface area contributed by atoms with E-state index < -0.39 is 0 Å². The fourth-order valence-electron chi connectivity index (χ4n) is 2.28. The number of nitrogens with one attached hydrogen (secondary N) is 1. The van der Waals surface area contributed by atoms with E-state index in [1.807, 2.05) is 18.2 Å². The maximum absolute atomic E-state index is 12.8. The van der Waals surface area contributed by atoms with Crippen LogP contribution in [0, 0.1) is 5.82 Å². The van der Waals surface area contributed by atoms with Gasteiger partial charge in [-0.2, -0.15) is 0 Å². The van der Waals surface area contributed by atoms with Gasteiger partial charge >= 0.3 is 0 Å². The van der Waals surface area contributed by atoms with Crippen molar-refractivity contribution in [2.45, 2.75) is 17.1 Å². The van der Waals surface area contributed by atoms with Gasteiger partial charge in [-0.1, -0.05) is 12.1 Å². The van der Waals surface area contributed by atoms with Gasteiger partial charge in [0, 0.05) is 17.2 Å². The molecule has 1 amide bonds. The van der Waals surface area contributed by atoms with Crippen LogP contribution in [0.2, 0.25) is 0 Å². The maximum Gasteiger partial charge on any atom is 0.230 e. The predicted molar refractivity (Wildman–Crippen MR) is 111 cm³/mol. The molecule has 0 bridgehead atoms. The number of carbonyl (C=O) groups excluding carboxylic acids is 1. The molecule has 26 heavy (non-hydrogen) atoms. The zero-order valence-electron chi connectivity index (χ0n) is 14.1. The van der Waals surface area contributed by atoms with E-state index in [1.165, 1.54) is 16.8 Å². The minimum Gasteiger partial charge on any atom is -0.355 e. The molecule has 0 fully saturated rings. The van der Waals surface area contributed by atoms with Gasteiger partial charge in [0.25, 0.3) is 0 Å². The largest absolute Gasteiger partial charge is 0.355 e. The quantitative estimate of drug-likeness (QED) is 0.402. The molecule has 0 radical (unpaired) electrons. The monoisotopic (exact) mass is 406 g/mol. The van der Waals surface area contributed by atoms with Crippen LogP contribution in [0.5, 0.6) is 0 Å². The Labute approximate surface area is 164 Å². The van der Waals surface area contributed by atoms with Crippen molar-refractivity contribution >= 4 is 51.0 Å². The van der Waals surface area contributed by atoms with E-state index >= 15 is 0 Å². The molecule has 1 aromatic heterocycles. The Morgan fingerprint density at radius 2 is 1.96 bits per heavy atom. The number of aromatic nitrogens is 1. The number of thioether (sulfide) groups is 2. The summed E-state index contributed by atoms with van der Waals surface area (Å²) in [6.45, 7) is 0.661. The van der Waals surface area contributed by atoms with E-state index in [4.69, 9.17) is 0 Å². The first-order valence-electron chi connectivity index (χ1n) is 8.28. The molecule has 0 aliphatic carbocycles. The second-order valence-electron chi connectivity index (χ2n) is 5.57. The molecule has 0 spiro atoms. The number of benzene rings is 2. The summed E-state index contributed by atoms with van der Waals surface area (Å²) in [6, 6.07) is 14.6. The van der Waals surface area contributed by atoms with Gasteiger partial charge in [0.15, 0.2) is 0 Å². The second kappa shape index (κ2) is 9.94. The topological polar surface area (TPSA) is 42.0 Å². The molecule has 1 N–H and O–H groups in total. The number of para-hydroxylation sites is 1. The summed E-state index contributed by atoms with van der Waals surface area (Å²) in [5.74, 6) is 1.94. The molecule has 3 rings (SSSR count). The number of hydrogen-bond donors (Lipinski definition) is 1. The molecule has 3 aromatic rings. The van der Waals surface area contributed by atoms with E-state index in [0.29, 0.717) is 12.3 Å². The standard InChI is InChI=1S/C19H19FN2OS3/c20-14-6-8-15(9-7-14)25-11-3-10-21-18(23)12-24-13-19-22-16-4-1-2-5-17(16)26-19/h1-2,4-9H,3,10-13H2,(H,21,23). The Hall–Kier alpha value is -1.57. The summed E-state index contributed by atoms with van der Waals surface area (Å²) in [5.41, 5.74) is 1.02. The van der Waals surface area contributed by atoms with Crippen LogP contribution in [0.1, 0.15) is 11.4 Å². The van der Waals surface area contributed by atoms with E-state index in [-0.39, 0.29) is 11.7 Å². The third-order valence-electron chi connectivity index (χ3n) is 3.52. The summed E-state index contributed by atoms with van der Waals surface area (Å²) in [6.07, 6.45) is 0.885. The number of nitrogens with zero attached hydrogens (tertiary/aromatic N) is 1. The van der Waals surface area contributed by atoms with Gasteiger partial charge in [0.1, 0.15) is 10.8 Å². The van der Waals surface area contributed by atoms with Crippen molar-refractivity contribution in [3.05, 3.63) is 59.4 Å². The normalized spacial score (nSPS) is 11.0. The number of rotatable bonds is 9. The molecule has 0 aliphatic rings. The van der Waals surface area contributed by atoms with E-state index in [2.05, 4.69) is 16.4 Å². The second-order valence-corrected chi connectivity index (χ2v) is 8.84. The zero-order valence-corrected chi connectivity index (χ0v) is 16.6. The molecule has 7 heteroatoms. The summed E-state index contributed by atoms with van der Waals surface area (Å²) in [7, 11) is 0. The first-order valence-corrected chi connectivity index (χ1v) is 11.2. The van der Waals surface area contributed by atoms with Crippen LogP contribution >= 0.6 is 34.9 Å². The van der Waals surface area contributed by atoms with Crippen LogP contribution in [-0.4, -0.2) is 28.9 Å². The van der Waals surface area contributed by atoms with Crippen LogP contribution in [0.25, 0.3) is 10.2 Å². The van der Waals surface area contributed by atoms with E-state index in [1.54, 1.807) is 47.0 Å². The molecule has 2 aromatic carbocycles. The first-order chi connectivity index (χ1) is 12.7. The van der Waals surface area contributed by atoms with Crippen LogP contribution in [0.4, 0.5) is 4.39 Å². The summed E-state index contributed by atoms with van der Waals surface area (Å²) >= 11 is 4.94. The van der Waals surface area contributed by atoms with Crippen molar-refractivity contribution in [1.29, 1.82) is 0 Å². The van der Waals surface area contributed by atoms with Gasteiger partial charge in [0.05, 0.1) is 16.0 Å². The van der Waals surface area contributed by atoms with Crippen LogP contribution in [0.3, 0.4) is 0 Å². The van der Waals surface area contributed by atoms with Gasteiger partial charge in [-0.15, -0.1) is 34.9 Å². The Balaban J connectivity index is 1.27. The van der Waals surface area contributed by atoms with Crippen molar-refractivity contribution in [1.82, 2.24) is 10.3 Å². The van der Waals surface area contributed by atoms with Crippen molar-refractivity contribution in [3.8, 4) is 0 Å². The average Bonchev–Trinajstić information content (AvgIpc) is 3.06. The SMILES string of the molecule is O=C(CSCc1nc2ccccc2s1)NCCCSc1ccc(F)cc1. The number of halogens is 1. The highest BCUT2D eigenvalue weighted by atomic mass is 32.2. The fraction of sp³-hybridized carbons (Fsp3) is 0.263. The molecule has 0 aliphatic heterocycles. The van der Waals surface area contributed by atoms with Crippen LogP contribution in [0.15, 0.2) is 53.4 Å². The lowest BCUT2D eigenvalue weighted by Crippen LogP contribution is -2.26. The molecular weight excluding hydrogens is 387 g/mol. The van der Waals surface area contributed by atoms with Gasteiger partial charge in [-0.05, 0) is 48.6 Å². The van der Waals surface area contributed by atoms with Crippen LogP contribution < -0.4 is 5.32 Å². The predicted octanol–water partition coefficient (Wildman–Crippen LogP) is 4.97. The van der Waals surface area contributed by atoms with Crippen LogP contribution in [-0.2, 0) is 10.5 Å². The number of fused-ring (bicyclic) bond motifs is 1. The summed E-state index contributed by atoms with van der Waals surface area (Å²) in [4.78, 5) is 17.5. The van der Waals surface area contributed by atoms with Gasteiger partial charge in [-0.25, -0.2) is 9.37 Å². The minimum atomic E-state index is -0.218. The molecular formula is C19H19FN2OS3. The lowest BCUT2D eigenvalue weighted by atomic mass is 10.3. The van der Waals surface area contributed by atoms with E-state index in [9.17, 15) is 9.18 Å². The molecule has 3 nitrogen and oxygen atoms in total.